The molecule has 0 radical (unpaired) electrons. The molecule has 1 amide bonds. The standard InChI is InChI=1S/C24H18ClIN2O3S/c1-30-21-11-16(7-10-20(21)31-14-15-5-8-18(26)9-6-15)12-22-23(29)28-24(32-22)27-19-4-2-3-17(25)13-19/h2-13H,14H2,1H3,(H,27,28,29)/b22-12-. The topological polar surface area (TPSA) is 59.9 Å². The van der Waals surface area contributed by atoms with Gasteiger partial charge in [0.2, 0.25) is 0 Å². The first-order valence-electron chi connectivity index (χ1n) is 9.60. The monoisotopic (exact) mass is 576 g/mol. The van der Waals surface area contributed by atoms with Crippen LogP contribution in [0, 0.1) is 3.57 Å². The number of nitrogens with zero attached hydrogens (tertiary/aromatic N) is 1. The van der Waals surface area contributed by atoms with Crippen molar-refractivity contribution in [2.75, 3.05) is 7.11 Å². The van der Waals surface area contributed by atoms with Gasteiger partial charge in [-0.15, -0.1) is 0 Å². The fourth-order valence-electron chi connectivity index (χ4n) is 2.93. The summed E-state index contributed by atoms with van der Waals surface area (Å²) in [6.45, 7) is 0.440. The molecule has 3 aromatic carbocycles. The summed E-state index contributed by atoms with van der Waals surface area (Å²) in [5.74, 6) is 1.04. The number of carbonyl (C=O) groups is 1. The molecular formula is C24H18ClIN2O3S. The molecule has 8 heteroatoms. The van der Waals surface area contributed by atoms with Gasteiger partial charge in [-0.25, -0.2) is 4.99 Å². The van der Waals surface area contributed by atoms with Gasteiger partial charge in [-0.2, -0.15) is 0 Å². The summed E-state index contributed by atoms with van der Waals surface area (Å²) in [7, 11) is 1.59. The number of methoxy groups -OCH3 is 1. The molecule has 0 aromatic heterocycles. The molecular weight excluding hydrogens is 559 g/mol. The lowest BCUT2D eigenvalue weighted by Gasteiger charge is -2.11. The summed E-state index contributed by atoms with van der Waals surface area (Å²) in [5.41, 5.74) is 2.58. The average molecular weight is 577 g/mol. The van der Waals surface area contributed by atoms with E-state index < -0.39 is 0 Å². The maximum Gasteiger partial charge on any atom is 0.264 e. The molecule has 0 aliphatic carbocycles. The summed E-state index contributed by atoms with van der Waals surface area (Å²) in [6.07, 6.45) is 1.80. The van der Waals surface area contributed by atoms with Gasteiger partial charge in [-0.1, -0.05) is 35.9 Å². The summed E-state index contributed by atoms with van der Waals surface area (Å²) in [6, 6.07) is 20.9. The van der Waals surface area contributed by atoms with E-state index in [0.29, 0.717) is 38.9 Å². The molecule has 0 unspecified atom stereocenters. The van der Waals surface area contributed by atoms with Crippen LogP contribution in [0.4, 0.5) is 5.69 Å². The smallest absolute Gasteiger partial charge is 0.264 e. The van der Waals surface area contributed by atoms with Crippen LogP contribution in [0.1, 0.15) is 11.1 Å². The van der Waals surface area contributed by atoms with Crippen molar-refractivity contribution in [2.45, 2.75) is 6.61 Å². The van der Waals surface area contributed by atoms with Gasteiger partial charge in [0.15, 0.2) is 16.7 Å². The minimum Gasteiger partial charge on any atom is -0.493 e. The Kier molecular flexibility index (Phi) is 7.39. The van der Waals surface area contributed by atoms with Crippen LogP contribution in [-0.4, -0.2) is 18.2 Å². The second kappa shape index (κ2) is 10.4. The quantitative estimate of drug-likeness (QED) is 0.272. The number of nitrogens with one attached hydrogen (secondary N) is 1. The SMILES string of the molecule is COc1cc(/C=C2\SC(=Nc3cccc(Cl)c3)NC2=O)ccc1OCc1ccc(I)cc1. The Hall–Kier alpha value is -2.49. The number of benzene rings is 3. The van der Waals surface area contributed by atoms with Crippen molar-refractivity contribution in [1.29, 1.82) is 0 Å². The number of amides is 1. The van der Waals surface area contributed by atoms with Crippen LogP contribution in [0.3, 0.4) is 0 Å². The number of hydrogen-bond acceptors (Lipinski definition) is 5. The van der Waals surface area contributed by atoms with E-state index in [1.165, 1.54) is 15.3 Å². The first-order valence-corrected chi connectivity index (χ1v) is 11.9. The number of halogens is 2. The number of amidine groups is 1. The molecule has 4 rings (SSSR count). The molecule has 0 spiro atoms. The first kappa shape index (κ1) is 22.7. The maximum atomic E-state index is 12.4. The largest absolute Gasteiger partial charge is 0.493 e. The molecule has 32 heavy (non-hydrogen) atoms. The number of aliphatic imine (C=N–C) groups is 1. The van der Waals surface area contributed by atoms with Gasteiger partial charge in [-0.3, -0.25) is 4.79 Å². The third-order valence-electron chi connectivity index (χ3n) is 4.48. The Morgan fingerprint density at radius 3 is 2.66 bits per heavy atom. The van der Waals surface area contributed by atoms with Crippen LogP contribution >= 0.6 is 46.0 Å². The van der Waals surface area contributed by atoms with Crippen LogP contribution in [0.2, 0.25) is 5.02 Å². The van der Waals surface area contributed by atoms with Crippen molar-refractivity contribution in [2.24, 2.45) is 4.99 Å². The molecule has 1 aliphatic heterocycles. The van der Waals surface area contributed by atoms with E-state index in [1.807, 2.05) is 54.6 Å². The Balaban J connectivity index is 1.48. The molecule has 0 saturated carbocycles. The van der Waals surface area contributed by atoms with Crippen molar-refractivity contribution in [3.05, 3.63) is 91.4 Å². The highest BCUT2D eigenvalue weighted by atomic mass is 127. The molecule has 1 saturated heterocycles. The summed E-state index contributed by atoms with van der Waals surface area (Å²) < 4.78 is 12.6. The predicted molar refractivity (Wildman–Crippen MR) is 139 cm³/mol. The predicted octanol–water partition coefficient (Wildman–Crippen LogP) is 6.42. The molecule has 1 heterocycles. The van der Waals surface area contributed by atoms with Crippen LogP contribution in [-0.2, 0) is 11.4 Å². The van der Waals surface area contributed by atoms with Crippen LogP contribution in [0.5, 0.6) is 11.5 Å². The van der Waals surface area contributed by atoms with Crippen LogP contribution in [0.15, 0.2) is 76.6 Å². The summed E-state index contributed by atoms with van der Waals surface area (Å²) >= 11 is 9.55. The second-order valence-corrected chi connectivity index (χ2v) is 9.50. The van der Waals surface area contributed by atoms with Gasteiger partial charge in [0.25, 0.3) is 5.91 Å². The normalized spacial score (nSPS) is 15.8. The van der Waals surface area contributed by atoms with E-state index in [-0.39, 0.29) is 5.91 Å². The molecule has 3 aromatic rings. The van der Waals surface area contributed by atoms with Gasteiger partial charge in [0.1, 0.15) is 6.61 Å². The van der Waals surface area contributed by atoms with Crippen molar-refractivity contribution < 1.29 is 14.3 Å². The highest BCUT2D eigenvalue weighted by Crippen LogP contribution is 2.33. The second-order valence-electron chi connectivity index (χ2n) is 6.79. The number of hydrogen-bond donors (Lipinski definition) is 1. The van der Waals surface area contributed by atoms with Gasteiger partial charge in [0.05, 0.1) is 17.7 Å². The van der Waals surface area contributed by atoms with E-state index in [0.717, 1.165) is 11.1 Å². The van der Waals surface area contributed by atoms with Gasteiger partial charge in [0, 0.05) is 8.59 Å². The fraction of sp³-hybridized carbons (Fsp3) is 0.0833. The average Bonchev–Trinajstić information content (AvgIpc) is 3.12. The van der Waals surface area contributed by atoms with Crippen molar-refractivity contribution >= 4 is 68.8 Å². The van der Waals surface area contributed by atoms with Crippen LogP contribution < -0.4 is 14.8 Å². The lowest BCUT2D eigenvalue weighted by atomic mass is 10.2. The molecule has 0 bridgehead atoms. The van der Waals surface area contributed by atoms with Gasteiger partial charge < -0.3 is 14.8 Å². The van der Waals surface area contributed by atoms with E-state index in [2.05, 4.69) is 32.9 Å². The zero-order valence-electron chi connectivity index (χ0n) is 17.0. The Morgan fingerprint density at radius 2 is 1.91 bits per heavy atom. The first-order chi connectivity index (χ1) is 15.5. The van der Waals surface area contributed by atoms with Crippen molar-refractivity contribution in [3.8, 4) is 11.5 Å². The molecule has 1 N–H and O–H groups in total. The van der Waals surface area contributed by atoms with E-state index in [1.54, 1.807) is 25.3 Å². The van der Waals surface area contributed by atoms with E-state index in [9.17, 15) is 4.79 Å². The van der Waals surface area contributed by atoms with E-state index >= 15 is 0 Å². The summed E-state index contributed by atoms with van der Waals surface area (Å²) in [5, 5.41) is 3.88. The van der Waals surface area contributed by atoms with Gasteiger partial charge in [-0.05, 0) is 94.0 Å². The number of thioether (sulfide) groups is 1. The Labute approximate surface area is 209 Å². The number of rotatable bonds is 6. The van der Waals surface area contributed by atoms with E-state index in [4.69, 9.17) is 21.1 Å². The lowest BCUT2D eigenvalue weighted by molar-refractivity contribution is -0.115. The minimum absolute atomic E-state index is 0.200. The van der Waals surface area contributed by atoms with Crippen LogP contribution in [0.25, 0.3) is 6.08 Å². The summed E-state index contributed by atoms with van der Waals surface area (Å²) in [4.78, 5) is 17.4. The highest BCUT2D eigenvalue weighted by Gasteiger charge is 2.24. The molecule has 1 aliphatic rings. The third kappa shape index (κ3) is 5.85. The third-order valence-corrected chi connectivity index (χ3v) is 6.35. The fourth-order valence-corrected chi connectivity index (χ4v) is 4.32. The lowest BCUT2D eigenvalue weighted by Crippen LogP contribution is -2.19. The number of carbonyl (C=O) groups excluding carboxylic acids is 1. The molecule has 5 nitrogen and oxygen atoms in total. The zero-order valence-corrected chi connectivity index (χ0v) is 20.7. The number of ether oxygens (including phenoxy) is 2. The maximum absolute atomic E-state index is 12.4. The highest BCUT2D eigenvalue weighted by molar-refractivity contribution is 14.1. The zero-order chi connectivity index (χ0) is 22.5. The Morgan fingerprint density at radius 1 is 1.09 bits per heavy atom. The molecule has 162 valence electrons. The van der Waals surface area contributed by atoms with Crippen molar-refractivity contribution in [3.63, 3.8) is 0 Å². The van der Waals surface area contributed by atoms with Gasteiger partial charge >= 0.3 is 0 Å². The Bertz CT molecular complexity index is 1210. The molecule has 0 atom stereocenters. The minimum atomic E-state index is -0.200. The molecule has 1 fully saturated rings. The van der Waals surface area contributed by atoms with Crippen molar-refractivity contribution in [1.82, 2.24) is 5.32 Å².